The van der Waals surface area contributed by atoms with Crippen LogP contribution in [0.3, 0.4) is 0 Å². The van der Waals surface area contributed by atoms with Crippen molar-refractivity contribution in [2.75, 3.05) is 14.2 Å². The van der Waals surface area contributed by atoms with Crippen molar-refractivity contribution in [3.8, 4) is 5.88 Å². The number of alkyl halides is 2. The van der Waals surface area contributed by atoms with E-state index in [1.165, 1.54) is 14.2 Å². The zero-order chi connectivity index (χ0) is 13.0. The molecule has 1 heterocycles. The van der Waals surface area contributed by atoms with Gasteiger partial charge in [-0.3, -0.25) is 4.79 Å². The van der Waals surface area contributed by atoms with Crippen LogP contribution in [0.15, 0.2) is 10.5 Å². The second-order valence-corrected chi connectivity index (χ2v) is 3.86. The number of esters is 1. The van der Waals surface area contributed by atoms with Gasteiger partial charge in [0.25, 0.3) is 6.43 Å². The number of pyridine rings is 1. The normalized spacial score (nSPS) is 10.5. The van der Waals surface area contributed by atoms with Crippen molar-refractivity contribution < 1.29 is 23.0 Å². The predicted octanol–water partition coefficient (Wildman–Crippen LogP) is 2.51. The Balaban J connectivity index is 3.19. The molecule has 0 spiro atoms. The zero-order valence-electron chi connectivity index (χ0n) is 9.17. The molecule has 0 radical (unpaired) electrons. The van der Waals surface area contributed by atoms with Crippen LogP contribution in [0.4, 0.5) is 8.78 Å². The molecule has 0 aliphatic carbocycles. The van der Waals surface area contributed by atoms with E-state index >= 15 is 0 Å². The molecule has 1 aromatic heterocycles. The van der Waals surface area contributed by atoms with E-state index < -0.39 is 12.4 Å². The highest BCUT2D eigenvalue weighted by Gasteiger charge is 2.19. The Morgan fingerprint density at radius 2 is 2.18 bits per heavy atom. The molecule has 17 heavy (non-hydrogen) atoms. The summed E-state index contributed by atoms with van der Waals surface area (Å²) < 4.78 is 34.8. The first-order chi connectivity index (χ1) is 7.99. The van der Waals surface area contributed by atoms with Gasteiger partial charge in [-0.2, -0.15) is 0 Å². The molecule has 0 N–H and O–H groups in total. The Kier molecular flexibility index (Phi) is 4.80. The monoisotopic (exact) mass is 309 g/mol. The largest absolute Gasteiger partial charge is 0.481 e. The topological polar surface area (TPSA) is 48.4 Å². The average Bonchev–Trinajstić information content (AvgIpc) is 2.31. The average molecular weight is 310 g/mol. The molecule has 1 aromatic rings. The Bertz CT molecular complexity index is 426. The van der Waals surface area contributed by atoms with Crippen LogP contribution < -0.4 is 4.74 Å². The van der Waals surface area contributed by atoms with Crippen LogP contribution in [0.5, 0.6) is 5.88 Å². The fraction of sp³-hybridized carbons (Fsp3) is 0.400. The minimum Gasteiger partial charge on any atom is -0.481 e. The SMILES string of the molecule is COC(=O)Cc1nc(OC)cc(C(F)F)c1Br. The van der Waals surface area contributed by atoms with E-state index in [2.05, 4.69) is 25.7 Å². The van der Waals surface area contributed by atoms with Crippen molar-refractivity contribution >= 4 is 21.9 Å². The number of aromatic nitrogens is 1. The smallest absolute Gasteiger partial charge is 0.311 e. The number of hydrogen-bond donors (Lipinski definition) is 0. The van der Waals surface area contributed by atoms with Crippen LogP contribution in [0.2, 0.25) is 0 Å². The molecule has 0 aliphatic heterocycles. The van der Waals surface area contributed by atoms with E-state index in [4.69, 9.17) is 4.74 Å². The lowest BCUT2D eigenvalue weighted by atomic mass is 10.2. The van der Waals surface area contributed by atoms with Crippen LogP contribution in [0.1, 0.15) is 17.7 Å². The van der Waals surface area contributed by atoms with Gasteiger partial charge in [-0.1, -0.05) is 0 Å². The van der Waals surface area contributed by atoms with E-state index in [9.17, 15) is 13.6 Å². The van der Waals surface area contributed by atoms with Gasteiger partial charge in [0.05, 0.1) is 26.3 Å². The highest BCUT2D eigenvalue weighted by molar-refractivity contribution is 9.10. The van der Waals surface area contributed by atoms with Crippen LogP contribution in [0, 0.1) is 0 Å². The van der Waals surface area contributed by atoms with E-state index in [1.54, 1.807) is 0 Å². The first kappa shape index (κ1) is 13.8. The molecular weight excluding hydrogens is 300 g/mol. The van der Waals surface area contributed by atoms with Gasteiger partial charge in [-0.15, -0.1) is 0 Å². The summed E-state index contributed by atoms with van der Waals surface area (Å²) in [5, 5.41) is 0. The molecule has 0 aliphatic rings. The fourth-order valence-electron chi connectivity index (χ4n) is 1.17. The molecule has 0 atom stereocenters. The van der Waals surface area contributed by atoms with E-state index in [1.807, 2.05) is 0 Å². The van der Waals surface area contributed by atoms with Crippen molar-refractivity contribution in [2.24, 2.45) is 0 Å². The van der Waals surface area contributed by atoms with Gasteiger partial charge in [0.1, 0.15) is 0 Å². The summed E-state index contributed by atoms with van der Waals surface area (Å²) in [7, 11) is 2.53. The summed E-state index contributed by atoms with van der Waals surface area (Å²) in [6, 6.07) is 1.12. The van der Waals surface area contributed by atoms with Crippen LogP contribution in [-0.4, -0.2) is 25.2 Å². The summed E-state index contributed by atoms with van der Waals surface area (Å²) in [5.74, 6) is -0.533. The molecule has 4 nitrogen and oxygen atoms in total. The van der Waals surface area contributed by atoms with Crippen LogP contribution in [0.25, 0.3) is 0 Å². The molecule has 0 unspecified atom stereocenters. The number of rotatable bonds is 4. The number of nitrogens with zero attached hydrogens (tertiary/aromatic N) is 1. The van der Waals surface area contributed by atoms with Crippen LogP contribution in [-0.2, 0) is 16.0 Å². The van der Waals surface area contributed by atoms with Gasteiger partial charge in [-0.25, -0.2) is 13.8 Å². The summed E-state index contributed by atoms with van der Waals surface area (Å²) in [5.41, 5.74) is -0.109. The quantitative estimate of drug-likeness (QED) is 0.802. The third-order valence-corrected chi connectivity index (χ3v) is 2.93. The third kappa shape index (κ3) is 3.36. The fourth-order valence-corrected chi connectivity index (χ4v) is 1.68. The van der Waals surface area contributed by atoms with Crippen molar-refractivity contribution in [3.05, 3.63) is 21.8 Å². The highest BCUT2D eigenvalue weighted by Crippen LogP contribution is 2.32. The molecular formula is C10H10BrF2NO3. The van der Waals surface area contributed by atoms with Gasteiger partial charge in [0.15, 0.2) is 0 Å². The molecule has 7 heteroatoms. The van der Waals surface area contributed by atoms with Crippen molar-refractivity contribution in [1.82, 2.24) is 4.98 Å². The van der Waals surface area contributed by atoms with Crippen molar-refractivity contribution in [1.29, 1.82) is 0 Å². The van der Waals surface area contributed by atoms with E-state index in [0.717, 1.165) is 6.07 Å². The van der Waals surface area contributed by atoms with E-state index in [-0.39, 0.29) is 28.0 Å². The molecule has 94 valence electrons. The first-order valence-corrected chi connectivity index (χ1v) is 5.37. The Labute approximate surface area is 105 Å². The molecule has 0 fully saturated rings. The summed E-state index contributed by atoms with van der Waals surface area (Å²) >= 11 is 3.00. The maximum Gasteiger partial charge on any atom is 0.311 e. The Morgan fingerprint density at radius 1 is 1.53 bits per heavy atom. The third-order valence-electron chi connectivity index (χ3n) is 2.01. The standard InChI is InChI=1S/C10H10BrF2NO3/c1-16-7-3-5(10(12)13)9(11)6(14-7)4-8(15)17-2/h3,10H,4H2,1-2H3. The number of methoxy groups -OCH3 is 2. The van der Waals surface area contributed by atoms with Crippen molar-refractivity contribution in [2.45, 2.75) is 12.8 Å². The number of hydrogen-bond acceptors (Lipinski definition) is 4. The van der Waals surface area contributed by atoms with Gasteiger partial charge in [-0.05, 0) is 15.9 Å². The molecule has 0 amide bonds. The van der Waals surface area contributed by atoms with Crippen LogP contribution >= 0.6 is 15.9 Å². The lowest BCUT2D eigenvalue weighted by molar-refractivity contribution is -0.139. The van der Waals surface area contributed by atoms with Gasteiger partial charge < -0.3 is 9.47 Å². The zero-order valence-corrected chi connectivity index (χ0v) is 10.8. The summed E-state index contributed by atoms with van der Waals surface area (Å²) in [4.78, 5) is 15.0. The Morgan fingerprint density at radius 3 is 2.65 bits per heavy atom. The highest BCUT2D eigenvalue weighted by atomic mass is 79.9. The number of carbonyl (C=O) groups excluding carboxylic acids is 1. The molecule has 0 bridgehead atoms. The maximum atomic E-state index is 12.7. The number of halogens is 3. The summed E-state index contributed by atoms with van der Waals surface area (Å²) in [6.07, 6.45) is -2.88. The lowest BCUT2D eigenvalue weighted by Gasteiger charge is -2.10. The number of carbonyl (C=O) groups is 1. The second kappa shape index (κ2) is 5.90. The first-order valence-electron chi connectivity index (χ1n) is 4.57. The molecule has 1 rings (SSSR count). The molecule has 0 saturated carbocycles. The van der Waals surface area contributed by atoms with Gasteiger partial charge in [0, 0.05) is 16.1 Å². The molecule has 0 aromatic carbocycles. The maximum absolute atomic E-state index is 12.7. The summed E-state index contributed by atoms with van der Waals surface area (Å²) in [6.45, 7) is 0. The predicted molar refractivity (Wildman–Crippen MR) is 59.2 cm³/mol. The Hall–Kier alpha value is -1.24. The van der Waals surface area contributed by atoms with Gasteiger partial charge in [0.2, 0.25) is 5.88 Å². The minimum absolute atomic E-state index is 0.0300. The molecule has 0 saturated heterocycles. The number of ether oxygens (including phenoxy) is 2. The minimum atomic E-state index is -2.68. The van der Waals surface area contributed by atoms with Gasteiger partial charge >= 0.3 is 5.97 Å². The van der Waals surface area contributed by atoms with Crippen molar-refractivity contribution in [3.63, 3.8) is 0 Å². The lowest BCUT2D eigenvalue weighted by Crippen LogP contribution is -2.09. The van der Waals surface area contributed by atoms with E-state index in [0.29, 0.717) is 0 Å². The second-order valence-electron chi connectivity index (χ2n) is 3.07.